The smallest absolute Gasteiger partial charge is 0.248 e. The van der Waals surface area contributed by atoms with Gasteiger partial charge in [-0.15, -0.1) is 0 Å². The Kier molecular flexibility index (Phi) is 3.02. The molecule has 0 aliphatic heterocycles. The second-order valence-electron chi connectivity index (χ2n) is 4.68. The van der Waals surface area contributed by atoms with Crippen LogP contribution in [0.15, 0.2) is 23.0 Å². The minimum absolute atomic E-state index is 0.390. The summed E-state index contributed by atoms with van der Waals surface area (Å²) < 4.78 is 7.04. The number of hydrogen-bond acceptors (Lipinski definition) is 6. The fraction of sp³-hybridized carbons (Fsp3) is 0.308. The zero-order chi connectivity index (χ0) is 14.1. The van der Waals surface area contributed by atoms with Gasteiger partial charge in [-0.2, -0.15) is 10.1 Å². The highest BCUT2D eigenvalue weighted by atomic mass is 16.5. The number of hydrogen-bond donors (Lipinski definition) is 0. The third-order valence-corrected chi connectivity index (χ3v) is 2.84. The first-order valence-corrected chi connectivity index (χ1v) is 6.24. The van der Waals surface area contributed by atoms with Crippen molar-refractivity contribution >= 4 is 0 Å². The molecule has 0 spiro atoms. The van der Waals surface area contributed by atoms with Crippen molar-refractivity contribution < 1.29 is 4.52 Å². The van der Waals surface area contributed by atoms with Gasteiger partial charge in [0.25, 0.3) is 0 Å². The first-order valence-electron chi connectivity index (χ1n) is 6.24. The molecule has 0 radical (unpaired) electrons. The maximum Gasteiger partial charge on any atom is 0.248 e. The van der Waals surface area contributed by atoms with Gasteiger partial charge in [-0.05, 0) is 32.4 Å². The van der Waals surface area contributed by atoms with Crippen LogP contribution in [0.5, 0.6) is 0 Å². The standard InChI is InChI=1S/C13H14N6O/c1-8-5-14-12(15-6-8)13-16-11(20-18-13)7-19-10(3)4-9(2)17-19/h4-6H,7H2,1-3H3. The van der Waals surface area contributed by atoms with E-state index in [1.54, 1.807) is 12.4 Å². The normalized spacial score (nSPS) is 10.9. The topological polar surface area (TPSA) is 82.5 Å². The second-order valence-corrected chi connectivity index (χ2v) is 4.68. The van der Waals surface area contributed by atoms with Gasteiger partial charge in [0.2, 0.25) is 17.5 Å². The molecule has 0 aliphatic rings. The fourth-order valence-electron chi connectivity index (χ4n) is 1.88. The molecule has 20 heavy (non-hydrogen) atoms. The zero-order valence-corrected chi connectivity index (χ0v) is 11.5. The van der Waals surface area contributed by atoms with Crippen molar-refractivity contribution in [1.82, 2.24) is 29.9 Å². The first kappa shape index (κ1) is 12.5. The van der Waals surface area contributed by atoms with Crippen LogP contribution < -0.4 is 0 Å². The van der Waals surface area contributed by atoms with Gasteiger partial charge < -0.3 is 4.52 Å². The predicted molar refractivity (Wildman–Crippen MR) is 70.9 cm³/mol. The summed E-state index contributed by atoms with van der Waals surface area (Å²) in [6.45, 7) is 6.30. The third kappa shape index (κ3) is 2.42. The molecular formula is C13H14N6O. The number of aromatic nitrogens is 6. The van der Waals surface area contributed by atoms with Gasteiger partial charge in [-0.3, -0.25) is 4.68 Å². The van der Waals surface area contributed by atoms with E-state index in [2.05, 4.69) is 25.2 Å². The minimum atomic E-state index is 0.390. The van der Waals surface area contributed by atoms with Gasteiger partial charge in [-0.25, -0.2) is 9.97 Å². The summed E-state index contributed by atoms with van der Waals surface area (Å²) in [4.78, 5) is 12.6. The van der Waals surface area contributed by atoms with E-state index in [1.165, 1.54) is 0 Å². The summed E-state index contributed by atoms with van der Waals surface area (Å²) >= 11 is 0. The van der Waals surface area contributed by atoms with Crippen molar-refractivity contribution in [1.29, 1.82) is 0 Å². The van der Waals surface area contributed by atoms with Crippen molar-refractivity contribution in [3.63, 3.8) is 0 Å². The molecule has 0 saturated heterocycles. The lowest BCUT2D eigenvalue weighted by Gasteiger charge is -1.98. The van der Waals surface area contributed by atoms with Crippen LogP contribution >= 0.6 is 0 Å². The van der Waals surface area contributed by atoms with Gasteiger partial charge in [0.05, 0.1) is 5.69 Å². The molecule has 0 aromatic carbocycles. The van der Waals surface area contributed by atoms with E-state index in [1.807, 2.05) is 31.5 Å². The molecule has 3 aromatic heterocycles. The Hall–Kier alpha value is -2.57. The van der Waals surface area contributed by atoms with Crippen LogP contribution in [0, 0.1) is 20.8 Å². The molecule has 0 saturated carbocycles. The quantitative estimate of drug-likeness (QED) is 0.720. The van der Waals surface area contributed by atoms with Crippen LogP contribution in [0.1, 0.15) is 22.8 Å². The highest BCUT2D eigenvalue weighted by Crippen LogP contribution is 2.12. The molecule has 0 amide bonds. The van der Waals surface area contributed by atoms with Gasteiger partial charge in [0.1, 0.15) is 6.54 Å². The first-order chi connectivity index (χ1) is 9.61. The third-order valence-electron chi connectivity index (χ3n) is 2.84. The fourth-order valence-corrected chi connectivity index (χ4v) is 1.88. The van der Waals surface area contributed by atoms with E-state index in [0.29, 0.717) is 24.1 Å². The summed E-state index contributed by atoms with van der Waals surface area (Å²) in [6.07, 6.45) is 3.44. The van der Waals surface area contributed by atoms with Gasteiger partial charge >= 0.3 is 0 Å². The highest BCUT2D eigenvalue weighted by molar-refractivity contribution is 5.40. The monoisotopic (exact) mass is 270 g/mol. The van der Waals surface area contributed by atoms with Crippen LogP contribution in [0.25, 0.3) is 11.6 Å². The van der Waals surface area contributed by atoms with Crippen molar-refractivity contribution in [3.05, 3.63) is 41.3 Å². The lowest BCUT2D eigenvalue weighted by molar-refractivity contribution is 0.364. The Labute approximate surface area is 115 Å². The number of rotatable bonds is 3. The van der Waals surface area contributed by atoms with E-state index in [9.17, 15) is 0 Å². The molecule has 7 nitrogen and oxygen atoms in total. The lowest BCUT2D eigenvalue weighted by Crippen LogP contribution is -2.04. The molecule has 0 aliphatic carbocycles. The molecule has 3 rings (SSSR count). The predicted octanol–water partition coefficient (Wildman–Crippen LogP) is 1.70. The van der Waals surface area contributed by atoms with E-state index in [0.717, 1.165) is 17.0 Å². The molecule has 3 heterocycles. The van der Waals surface area contributed by atoms with Crippen molar-refractivity contribution in [2.24, 2.45) is 0 Å². The van der Waals surface area contributed by atoms with Crippen LogP contribution in [0.4, 0.5) is 0 Å². The van der Waals surface area contributed by atoms with E-state index >= 15 is 0 Å². The van der Waals surface area contributed by atoms with Gasteiger partial charge in [-0.1, -0.05) is 5.16 Å². The van der Waals surface area contributed by atoms with E-state index < -0.39 is 0 Å². The SMILES string of the molecule is Cc1cnc(-c2noc(Cn3nc(C)cc3C)n2)nc1. The van der Waals surface area contributed by atoms with Crippen molar-refractivity contribution in [3.8, 4) is 11.6 Å². The molecule has 0 atom stereocenters. The summed E-state index contributed by atoms with van der Waals surface area (Å²) in [6, 6.07) is 2.00. The summed E-state index contributed by atoms with van der Waals surface area (Å²) in [5.41, 5.74) is 3.00. The Morgan fingerprint density at radius 1 is 1.10 bits per heavy atom. The molecular weight excluding hydrogens is 256 g/mol. The van der Waals surface area contributed by atoms with Crippen LogP contribution in [-0.2, 0) is 6.54 Å². The molecule has 0 N–H and O–H groups in total. The highest BCUT2D eigenvalue weighted by Gasteiger charge is 2.12. The number of aryl methyl sites for hydroxylation is 3. The Balaban J connectivity index is 1.83. The maximum absolute atomic E-state index is 5.22. The Morgan fingerprint density at radius 3 is 2.50 bits per heavy atom. The van der Waals surface area contributed by atoms with Crippen LogP contribution in [-0.4, -0.2) is 29.9 Å². The molecule has 0 bridgehead atoms. The Bertz CT molecular complexity index is 728. The molecule has 0 unspecified atom stereocenters. The average Bonchev–Trinajstić information content (AvgIpc) is 2.98. The second kappa shape index (κ2) is 4.84. The van der Waals surface area contributed by atoms with Crippen LogP contribution in [0.2, 0.25) is 0 Å². The number of nitrogens with zero attached hydrogens (tertiary/aromatic N) is 6. The lowest BCUT2D eigenvalue weighted by atomic mass is 10.4. The summed E-state index contributed by atoms with van der Waals surface area (Å²) in [7, 11) is 0. The Morgan fingerprint density at radius 2 is 1.85 bits per heavy atom. The molecule has 0 fully saturated rings. The maximum atomic E-state index is 5.22. The van der Waals surface area contributed by atoms with Crippen molar-refractivity contribution in [2.45, 2.75) is 27.3 Å². The molecule has 3 aromatic rings. The summed E-state index contributed by atoms with van der Waals surface area (Å²) in [5, 5.41) is 8.25. The molecule has 102 valence electrons. The van der Waals surface area contributed by atoms with Crippen molar-refractivity contribution in [2.75, 3.05) is 0 Å². The minimum Gasteiger partial charge on any atom is -0.337 e. The van der Waals surface area contributed by atoms with Gasteiger partial charge in [0, 0.05) is 18.1 Å². The average molecular weight is 270 g/mol. The zero-order valence-electron chi connectivity index (χ0n) is 11.5. The summed E-state index contributed by atoms with van der Waals surface area (Å²) in [5.74, 6) is 1.33. The van der Waals surface area contributed by atoms with Crippen LogP contribution in [0.3, 0.4) is 0 Å². The van der Waals surface area contributed by atoms with Gasteiger partial charge in [0.15, 0.2) is 0 Å². The largest absolute Gasteiger partial charge is 0.337 e. The molecule has 7 heteroatoms. The van der Waals surface area contributed by atoms with E-state index in [4.69, 9.17) is 4.52 Å². The van der Waals surface area contributed by atoms with E-state index in [-0.39, 0.29) is 0 Å².